The molecule has 6 nitrogen and oxygen atoms in total. The number of sulfone groups is 1. The van der Waals surface area contributed by atoms with Crippen LogP contribution in [0.25, 0.3) is 11.8 Å². The molecule has 0 N–H and O–H groups in total. The first-order valence-electron chi connectivity index (χ1n) is 12.7. The number of benzene rings is 2. The van der Waals surface area contributed by atoms with Crippen molar-refractivity contribution in [3.63, 3.8) is 0 Å². The maximum atomic E-state index is 14.2. The summed E-state index contributed by atoms with van der Waals surface area (Å²) in [7, 11) is -3.85. The molecule has 9 heteroatoms. The summed E-state index contributed by atoms with van der Waals surface area (Å²) in [5, 5.41) is 3.69. The molecule has 39 heavy (non-hydrogen) atoms. The average Bonchev–Trinajstić information content (AvgIpc) is 3.35. The van der Waals surface area contributed by atoms with Crippen LogP contribution in [0, 0.1) is 24.0 Å². The summed E-state index contributed by atoms with van der Waals surface area (Å²) in [6.45, 7) is 1.53. The van der Waals surface area contributed by atoms with Crippen LogP contribution in [-0.2, 0) is 16.3 Å². The van der Waals surface area contributed by atoms with E-state index in [9.17, 15) is 22.0 Å². The number of carbonyl (C=O) groups is 1. The minimum Gasteiger partial charge on any atom is -0.291 e. The molecule has 0 unspecified atom stereocenters. The third-order valence-electron chi connectivity index (χ3n) is 7.92. The van der Waals surface area contributed by atoms with Crippen molar-refractivity contribution in [3.05, 3.63) is 113 Å². The second-order valence-corrected chi connectivity index (χ2v) is 12.5. The van der Waals surface area contributed by atoms with Gasteiger partial charge >= 0.3 is 0 Å². The lowest BCUT2D eigenvalue weighted by Crippen LogP contribution is -2.45. The van der Waals surface area contributed by atoms with Gasteiger partial charge in [-0.05, 0) is 104 Å². The van der Waals surface area contributed by atoms with Crippen LogP contribution >= 0.6 is 0 Å². The predicted molar refractivity (Wildman–Crippen MR) is 142 cm³/mol. The lowest BCUT2D eigenvalue weighted by Gasteiger charge is -2.43. The summed E-state index contributed by atoms with van der Waals surface area (Å²) in [6, 6.07) is 14.9. The van der Waals surface area contributed by atoms with Gasteiger partial charge in [0.05, 0.1) is 33.1 Å². The van der Waals surface area contributed by atoms with Crippen molar-refractivity contribution in [2.45, 2.75) is 42.8 Å². The van der Waals surface area contributed by atoms with Crippen molar-refractivity contribution in [1.29, 1.82) is 0 Å². The monoisotopic (exact) mass is 545 g/mol. The number of hydrogen-bond acceptors (Lipinski definition) is 5. The highest BCUT2D eigenvalue weighted by molar-refractivity contribution is 7.92. The third kappa shape index (κ3) is 4.21. The van der Waals surface area contributed by atoms with Gasteiger partial charge in [0.1, 0.15) is 17.3 Å². The molecular weight excluding hydrogens is 520 g/mol. The number of rotatable bonds is 5. The highest BCUT2D eigenvalue weighted by Gasteiger charge is 2.52. The van der Waals surface area contributed by atoms with Crippen molar-refractivity contribution in [2.24, 2.45) is 5.41 Å². The molecule has 6 rings (SSSR count). The number of allylic oxidation sites excluding steroid dienone is 1. The lowest BCUT2D eigenvalue weighted by atomic mass is 9.61. The normalized spacial score (nSPS) is 20.6. The Hall–Kier alpha value is -3.98. The molecule has 0 saturated heterocycles. The highest BCUT2D eigenvalue weighted by atomic mass is 32.2. The molecule has 198 valence electrons. The Morgan fingerprint density at radius 2 is 1.87 bits per heavy atom. The molecule has 0 aliphatic heterocycles. The average molecular weight is 546 g/mol. The van der Waals surface area contributed by atoms with E-state index in [0.717, 1.165) is 16.8 Å². The van der Waals surface area contributed by atoms with Gasteiger partial charge in [0.25, 0.3) is 0 Å². The summed E-state index contributed by atoms with van der Waals surface area (Å²) < 4.78 is 56.7. The van der Waals surface area contributed by atoms with Gasteiger partial charge in [-0.3, -0.25) is 9.78 Å². The number of pyridine rings is 1. The van der Waals surface area contributed by atoms with Crippen LogP contribution in [0.15, 0.2) is 83.5 Å². The fourth-order valence-electron chi connectivity index (χ4n) is 5.85. The van der Waals surface area contributed by atoms with E-state index in [0.29, 0.717) is 18.5 Å². The van der Waals surface area contributed by atoms with Gasteiger partial charge < -0.3 is 0 Å². The van der Waals surface area contributed by atoms with Gasteiger partial charge in [-0.1, -0.05) is 11.6 Å². The van der Waals surface area contributed by atoms with Crippen molar-refractivity contribution >= 4 is 21.7 Å². The largest absolute Gasteiger partial charge is 0.291 e. The van der Waals surface area contributed by atoms with E-state index < -0.39 is 26.3 Å². The molecule has 0 bridgehead atoms. The number of carbonyl (C=O) groups excluding carboxylic acids is 1. The molecule has 0 spiro atoms. The van der Waals surface area contributed by atoms with Gasteiger partial charge in [0.2, 0.25) is 0 Å². The third-order valence-corrected chi connectivity index (χ3v) is 10.1. The number of hydrogen-bond donors (Lipinski definition) is 0. The molecule has 0 amide bonds. The number of aromatic nitrogens is 3. The Morgan fingerprint density at radius 1 is 1.08 bits per heavy atom. The zero-order valence-corrected chi connectivity index (χ0v) is 22.0. The van der Waals surface area contributed by atoms with E-state index in [2.05, 4.69) is 10.1 Å². The van der Waals surface area contributed by atoms with E-state index in [1.54, 1.807) is 47.4 Å². The fourth-order valence-corrected chi connectivity index (χ4v) is 7.76. The molecule has 2 aliphatic rings. The second kappa shape index (κ2) is 9.34. The summed E-state index contributed by atoms with van der Waals surface area (Å²) in [5.74, 6) is -1.05. The Balaban J connectivity index is 1.45. The van der Waals surface area contributed by atoms with Gasteiger partial charge in [-0.15, -0.1) is 0 Å². The Bertz CT molecular complexity index is 1730. The van der Waals surface area contributed by atoms with Crippen LogP contribution in [0.4, 0.5) is 8.78 Å². The minimum absolute atomic E-state index is 0.0555. The van der Waals surface area contributed by atoms with Crippen LogP contribution < -0.4 is 0 Å². The summed E-state index contributed by atoms with van der Waals surface area (Å²) in [6.07, 6.45) is 6.21. The van der Waals surface area contributed by atoms with Crippen LogP contribution in [0.5, 0.6) is 0 Å². The minimum atomic E-state index is -3.85. The maximum Gasteiger partial charge on any atom is 0.191 e. The molecule has 2 aromatic carbocycles. The van der Waals surface area contributed by atoms with E-state index in [-0.39, 0.29) is 40.6 Å². The second-order valence-electron chi connectivity index (χ2n) is 10.2. The number of Topliss-reactive ketones (excluding diaryl/α,β-unsaturated/α-hetero) is 1. The van der Waals surface area contributed by atoms with E-state index >= 15 is 0 Å². The molecule has 2 aliphatic carbocycles. The summed E-state index contributed by atoms with van der Waals surface area (Å²) in [5.41, 5.74) is 2.50. The van der Waals surface area contributed by atoms with E-state index in [1.165, 1.54) is 37.3 Å². The van der Waals surface area contributed by atoms with Gasteiger partial charge in [0.15, 0.2) is 15.6 Å². The topological polar surface area (TPSA) is 81.9 Å². The van der Waals surface area contributed by atoms with Gasteiger partial charge in [-0.2, -0.15) is 5.10 Å². The Kier molecular flexibility index (Phi) is 6.06. The van der Waals surface area contributed by atoms with Crippen molar-refractivity contribution < 1.29 is 22.0 Å². The Morgan fingerprint density at radius 3 is 2.59 bits per heavy atom. The summed E-state index contributed by atoms with van der Waals surface area (Å²) in [4.78, 5) is 18.5. The van der Waals surface area contributed by atoms with Gasteiger partial charge in [0, 0.05) is 6.20 Å². The number of fused-ring (bicyclic) bond motifs is 2. The Labute approximate surface area is 224 Å². The smallest absolute Gasteiger partial charge is 0.191 e. The number of halogens is 2. The molecule has 1 fully saturated rings. The molecule has 4 aromatic rings. The van der Waals surface area contributed by atoms with E-state index in [4.69, 9.17) is 0 Å². The van der Waals surface area contributed by atoms with Crippen molar-refractivity contribution in [2.75, 3.05) is 0 Å². The first-order chi connectivity index (χ1) is 18.7. The summed E-state index contributed by atoms with van der Waals surface area (Å²) >= 11 is 0. The number of ketones is 1. The zero-order chi connectivity index (χ0) is 27.4. The van der Waals surface area contributed by atoms with Crippen LogP contribution in [0.1, 0.15) is 46.6 Å². The van der Waals surface area contributed by atoms with Crippen LogP contribution in [-0.4, -0.2) is 34.2 Å². The molecule has 1 saturated carbocycles. The predicted octanol–water partition coefficient (Wildman–Crippen LogP) is 5.69. The zero-order valence-electron chi connectivity index (χ0n) is 21.1. The van der Waals surface area contributed by atoms with Crippen LogP contribution in [0.3, 0.4) is 0 Å². The lowest BCUT2D eigenvalue weighted by molar-refractivity contribution is 0.0796. The quantitative estimate of drug-likeness (QED) is 0.238. The SMILES string of the molecule is Cc1cc(S(=O)(=O)[C@H]2CCC3=Cc4c(cnn4-c4ccc(F)cc4)C[C@]3(C(=O)c3ccccn3)C2)ccc1F. The molecule has 2 aromatic heterocycles. The standard InChI is InChI=1S/C30H25F2N3O3S/c1-19-14-24(11-12-26(19)32)39(37,38)25-10-5-21-15-28-20(18-34-35(28)23-8-6-22(31)7-9-23)16-30(21,17-25)29(36)27-4-2-3-13-33-27/h2-4,6-9,11-15,18,25H,5,10,16-17H2,1H3/t25-,30-/m0/s1. The number of nitrogens with zero attached hydrogens (tertiary/aromatic N) is 3. The first kappa shape index (κ1) is 25.3. The molecule has 2 atom stereocenters. The van der Waals surface area contributed by atoms with Crippen molar-refractivity contribution in [3.8, 4) is 5.69 Å². The maximum absolute atomic E-state index is 14.2. The van der Waals surface area contributed by atoms with Gasteiger partial charge in [-0.25, -0.2) is 21.9 Å². The number of aryl methyl sites for hydroxylation is 1. The molecular formula is C30H25F2N3O3S. The fraction of sp³-hybridized carbons (Fsp3) is 0.233. The van der Waals surface area contributed by atoms with E-state index in [1.807, 2.05) is 6.08 Å². The molecule has 2 heterocycles. The molecule has 0 radical (unpaired) electrons. The van der Waals surface area contributed by atoms with Crippen molar-refractivity contribution in [1.82, 2.24) is 14.8 Å². The highest BCUT2D eigenvalue weighted by Crippen LogP contribution is 2.51. The van der Waals surface area contributed by atoms with Crippen LogP contribution in [0.2, 0.25) is 0 Å². The first-order valence-corrected chi connectivity index (χ1v) is 14.2.